The van der Waals surface area contributed by atoms with E-state index in [0.29, 0.717) is 11.1 Å². The SMILES string of the molecule is C[C@H](NC(=O)[C@@H](C)Sc1nc2ccccc2o1)[C@H]1C[C@@H]2CC[C@@H]1C2. The van der Waals surface area contributed by atoms with Crippen LogP contribution in [0.4, 0.5) is 0 Å². The van der Waals surface area contributed by atoms with Crippen LogP contribution in [0.2, 0.25) is 0 Å². The minimum absolute atomic E-state index is 0.0810. The number of oxazole rings is 1. The summed E-state index contributed by atoms with van der Waals surface area (Å²) in [6.45, 7) is 4.09. The van der Waals surface area contributed by atoms with Gasteiger partial charge < -0.3 is 9.73 Å². The highest BCUT2D eigenvalue weighted by molar-refractivity contribution is 8.00. The normalized spacial score (nSPS) is 28.2. The molecule has 1 heterocycles. The minimum Gasteiger partial charge on any atom is -0.431 e. The smallest absolute Gasteiger partial charge is 0.257 e. The lowest BCUT2D eigenvalue weighted by Crippen LogP contribution is -2.43. The molecule has 4 nitrogen and oxygen atoms in total. The van der Waals surface area contributed by atoms with Gasteiger partial charge in [-0.25, -0.2) is 4.98 Å². The van der Waals surface area contributed by atoms with E-state index >= 15 is 0 Å². The zero-order valence-electron chi connectivity index (χ0n) is 14.2. The number of carbonyl (C=O) groups excluding carboxylic acids is 1. The van der Waals surface area contributed by atoms with Crippen molar-refractivity contribution < 1.29 is 9.21 Å². The minimum atomic E-state index is -0.209. The number of amides is 1. The number of rotatable bonds is 5. The highest BCUT2D eigenvalue weighted by atomic mass is 32.2. The second-order valence-corrected chi connectivity index (χ2v) is 8.64. The van der Waals surface area contributed by atoms with Crippen LogP contribution in [0.25, 0.3) is 11.1 Å². The molecule has 4 rings (SSSR count). The fourth-order valence-corrected chi connectivity index (χ4v) is 5.23. The quantitative estimate of drug-likeness (QED) is 0.824. The van der Waals surface area contributed by atoms with Crippen LogP contribution < -0.4 is 5.32 Å². The third-order valence-electron chi connectivity index (χ3n) is 5.73. The number of aromatic nitrogens is 1. The van der Waals surface area contributed by atoms with Crippen molar-refractivity contribution in [1.82, 2.24) is 10.3 Å². The Balaban J connectivity index is 1.35. The molecule has 1 amide bonds. The van der Waals surface area contributed by atoms with Crippen molar-refractivity contribution in [2.45, 2.75) is 56.0 Å². The largest absolute Gasteiger partial charge is 0.431 e. The van der Waals surface area contributed by atoms with Gasteiger partial charge in [0.15, 0.2) is 5.58 Å². The van der Waals surface area contributed by atoms with E-state index in [-0.39, 0.29) is 17.2 Å². The van der Waals surface area contributed by atoms with E-state index in [9.17, 15) is 4.79 Å². The molecule has 0 radical (unpaired) electrons. The topological polar surface area (TPSA) is 55.1 Å². The Morgan fingerprint density at radius 1 is 1.29 bits per heavy atom. The van der Waals surface area contributed by atoms with Gasteiger partial charge in [-0.3, -0.25) is 4.79 Å². The number of benzene rings is 1. The first-order valence-electron chi connectivity index (χ1n) is 8.92. The van der Waals surface area contributed by atoms with Crippen molar-refractivity contribution in [3.63, 3.8) is 0 Å². The molecule has 0 saturated heterocycles. The van der Waals surface area contributed by atoms with Crippen LogP contribution in [0.5, 0.6) is 0 Å². The van der Waals surface area contributed by atoms with Crippen LogP contribution in [0.15, 0.2) is 33.9 Å². The van der Waals surface area contributed by atoms with E-state index < -0.39 is 0 Å². The van der Waals surface area contributed by atoms with Gasteiger partial charge in [-0.2, -0.15) is 0 Å². The Labute approximate surface area is 146 Å². The van der Waals surface area contributed by atoms with Crippen molar-refractivity contribution in [1.29, 1.82) is 0 Å². The molecule has 1 aromatic carbocycles. The molecule has 5 atom stereocenters. The van der Waals surface area contributed by atoms with Gasteiger partial charge in [-0.1, -0.05) is 30.3 Å². The van der Waals surface area contributed by atoms with Gasteiger partial charge in [-0.05, 0) is 63.0 Å². The van der Waals surface area contributed by atoms with Gasteiger partial charge in [0, 0.05) is 6.04 Å². The predicted octanol–water partition coefficient (Wildman–Crippen LogP) is 4.25. The van der Waals surface area contributed by atoms with Gasteiger partial charge in [0.1, 0.15) is 5.52 Å². The number of fused-ring (bicyclic) bond motifs is 3. The first-order chi connectivity index (χ1) is 11.6. The van der Waals surface area contributed by atoms with Crippen molar-refractivity contribution in [2.75, 3.05) is 0 Å². The van der Waals surface area contributed by atoms with Gasteiger partial charge >= 0.3 is 0 Å². The second-order valence-electron chi connectivity index (χ2n) is 7.34. The van der Waals surface area contributed by atoms with Crippen LogP contribution in [-0.4, -0.2) is 22.2 Å². The average Bonchev–Trinajstić information content (AvgIpc) is 3.28. The van der Waals surface area contributed by atoms with Gasteiger partial charge in [-0.15, -0.1) is 0 Å². The van der Waals surface area contributed by atoms with E-state index in [1.54, 1.807) is 0 Å². The summed E-state index contributed by atoms with van der Waals surface area (Å²) in [5.74, 6) is 2.47. The highest BCUT2D eigenvalue weighted by Gasteiger charge is 2.42. The Hall–Kier alpha value is -1.49. The average molecular weight is 344 g/mol. The maximum atomic E-state index is 12.5. The number of para-hydroxylation sites is 2. The van der Waals surface area contributed by atoms with Crippen LogP contribution in [0, 0.1) is 17.8 Å². The zero-order valence-corrected chi connectivity index (χ0v) is 15.0. The Bertz CT molecular complexity index is 711. The third kappa shape index (κ3) is 3.06. The van der Waals surface area contributed by atoms with Crippen LogP contribution in [0.1, 0.15) is 39.5 Å². The van der Waals surface area contributed by atoms with Crippen molar-refractivity contribution >= 4 is 28.8 Å². The molecule has 5 heteroatoms. The van der Waals surface area contributed by atoms with Gasteiger partial charge in [0.05, 0.1) is 5.25 Å². The lowest BCUT2D eigenvalue weighted by Gasteiger charge is -2.29. The summed E-state index contributed by atoms with van der Waals surface area (Å²) >= 11 is 1.39. The number of hydrogen-bond donors (Lipinski definition) is 1. The summed E-state index contributed by atoms with van der Waals surface area (Å²) in [7, 11) is 0. The van der Waals surface area contributed by atoms with E-state index in [0.717, 1.165) is 22.9 Å². The summed E-state index contributed by atoms with van der Waals surface area (Å²) in [4.78, 5) is 17.0. The summed E-state index contributed by atoms with van der Waals surface area (Å²) in [5.41, 5.74) is 1.60. The molecule has 128 valence electrons. The lowest BCUT2D eigenvalue weighted by molar-refractivity contribution is -0.121. The first kappa shape index (κ1) is 16.0. The predicted molar refractivity (Wildman–Crippen MR) is 95.9 cm³/mol. The van der Waals surface area contributed by atoms with Crippen LogP contribution in [-0.2, 0) is 4.79 Å². The number of hydrogen-bond acceptors (Lipinski definition) is 4. The van der Waals surface area contributed by atoms with Crippen molar-refractivity contribution in [2.24, 2.45) is 17.8 Å². The van der Waals surface area contributed by atoms with Gasteiger partial charge in [0.2, 0.25) is 5.91 Å². The van der Waals surface area contributed by atoms with Crippen molar-refractivity contribution in [3.05, 3.63) is 24.3 Å². The Morgan fingerprint density at radius 3 is 2.83 bits per heavy atom. The molecule has 2 aliphatic carbocycles. The number of thioether (sulfide) groups is 1. The maximum absolute atomic E-state index is 12.5. The number of nitrogens with one attached hydrogen (secondary N) is 1. The molecule has 2 bridgehead atoms. The summed E-state index contributed by atoms with van der Waals surface area (Å²) in [5, 5.41) is 3.58. The molecule has 1 aromatic heterocycles. The molecule has 1 N–H and O–H groups in total. The molecular weight excluding hydrogens is 320 g/mol. The summed E-state index contributed by atoms with van der Waals surface area (Å²) < 4.78 is 5.71. The second kappa shape index (κ2) is 6.43. The van der Waals surface area contributed by atoms with Crippen LogP contribution in [0.3, 0.4) is 0 Å². The molecule has 2 aromatic rings. The van der Waals surface area contributed by atoms with Crippen molar-refractivity contribution in [3.8, 4) is 0 Å². The fraction of sp³-hybridized carbons (Fsp3) is 0.579. The van der Waals surface area contributed by atoms with Gasteiger partial charge in [0.25, 0.3) is 5.22 Å². The van der Waals surface area contributed by atoms with E-state index in [1.807, 2.05) is 31.2 Å². The van der Waals surface area contributed by atoms with E-state index in [2.05, 4.69) is 17.2 Å². The Kier molecular flexibility index (Phi) is 4.29. The summed E-state index contributed by atoms with van der Waals surface area (Å²) in [6, 6.07) is 7.94. The molecular formula is C19H24N2O2S. The molecule has 0 spiro atoms. The summed E-state index contributed by atoms with van der Waals surface area (Å²) in [6.07, 6.45) is 5.41. The molecule has 0 unspecified atom stereocenters. The standard InChI is InChI=1S/C19H24N2O2S/c1-11(15-10-13-7-8-14(15)9-13)20-18(22)12(2)24-19-21-16-5-3-4-6-17(16)23-19/h3-6,11-15H,7-10H2,1-2H3,(H,20,22)/t11-,12+,13+,14+,15+/m0/s1. The number of carbonyl (C=O) groups is 1. The monoisotopic (exact) mass is 344 g/mol. The third-order valence-corrected chi connectivity index (χ3v) is 6.67. The fourth-order valence-electron chi connectivity index (χ4n) is 4.46. The van der Waals surface area contributed by atoms with Crippen LogP contribution >= 0.6 is 11.8 Å². The Morgan fingerprint density at radius 2 is 2.12 bits per heavy atom. The van der Waals surface area contributed by atoms with E-state index in [4.69, 9.17) is 4.42 Å². The first-order valence-corrected chi connectivity index (χ1v) is 9.80. The zero-order chi connectivity index (χ0) is 16.7. The number of nitrogens with zero attached hydrogens (tertiary/aromatic N) is 1. The molecule has 2 aliphatic rings. The maximum Gasteiger partial charge on any atom is 0.257 e. The molecule has 2 saturated carbocycles. The molecule has 24 heavy (non-hydrogen) atoms. The molecule has 2 fully saturated rings. The molecule has 0 aliphatic heterocycles. The highest BCUT2D eigenvalue weighted by Crippen LogP contribution is 2.49. The van der Waals surface area contributed by atoms with E-state index in [1.165, 1.54) is 37.4 Å². The lowest BCUT2D eigenvalue weighted by atomic mass is 9.84.